The number of hydrogen-bond acceptors (Lipinski definition) is 2. The minimum absolute atomic E-state index is 0.769. The Balaban J connectivity index is 2.42. The maximum Gasteiger partial charge on any atom is 0.0737 e. The first-order valence-electron chi connectivity index (χ1n) is 6.69. The number of unbranched alkanes of at least 4 members (excludes halogenated alkanes) is 1. The largest absolute Gasteiger partial charge is 0.330 e. The summed E-state index contributed by atoms with van der Waals surface area (Å²) in [5.41, 5.74) is 11.8. The number of rotatable bonds is 4. The first kappa shape index (κ1) is 13.0. The topological polar surface area (TPSA) is 38.9 Å². The van der Waals surface area contributed by atoms with E-state index in [4.69, 9.17) is 10.7 Å². The Bertz CT molecular complexity index is 559. The number of nitrogens with zero attached hydrogens (tertiary/aromatic N) is 1. The van der Waals surface area contributed by atoms with Crippen molar-refractivity contribution >= 4 is 10.9 Å². The van der Waals surface area contributed by atoms with Gasteiger partial charge < -0.3 is 5.73 Å². The van der Waals surface area contributed by atoms with Crippen LogP contribution in [0.2, 0.25) is 0 Å². The Hall–Kier alpha value is -1.41. The molecule has 0 saturated carbocycles. The fourth-order valence-corrected chi connectivity index (χ4v) is 2.49. The van der Waals surface area contributed by atoms with Gasteiger partial charge in [-0.15, -0.1) is 0 Å². The fraction of sp³-hybridized carbons (Fsp3) is 0.438. The smallest absolute Gasteiger partial charge is 0.0737 e. The number of aromatic nitrogens is 1. The summed E-state index contributed by atoms with van der Waals surface area (Å²) >= 11 is 0. The van der Waals surface area contributed by atoms with Crippen LogP contribution >= 0.6 is 0 Å². The molecule has 0 radical (unpaired) electrons. The van der Waals surface area contributed by atoms with Crippen molar-refractivity contribution in [2.45, 2.75) is 40.0 Å². The van der Waals surface area contributed by atoms with E-state index in [-0.39, 0.29) is 0 Å². The number of aryl methyl sites for hydroxylation is 4. The Kier molecular flexibility index (Phi) is 3.97. The normalized spacial score (nSPS) is 11.1. The maximum atomic E-state index is 5.53. The summed E-state index contributed by atoms with van der Waals surface area (Å²) in [7, 11) is 0. The zero-order chi connectivity index (χ0) is 13.1. The summed E-state index contributed by atoms with van der Waals surface area (Å²) < 4.78 is 0. The molecule has 0 aliphatic rings. The van der Waals surface area contributed by atoms with Gasteiger partial charge in [0.05, 0.1) is 5.52 Å². The zero-order valence-corrected chi connectivity index (χ0v) is 11.6. The van der Waals surface area contributed by atoms with Crippen molar-refractivity contribution in [3.8, 4) is 0 Å². The Morgan fingerprint density at radius 2 is 1.78 bits per heavy atom. The van der Waals surface area contributed by atoms with E-state index < -0.39 is 0 Å². The Morgan fingerprint density at radius 1 is 1.00 bits per heavy atom. The van der Waals surface area contributed by atoms with E-state index in [2.05, 4.69) is 39.0 Å². The lowest BCUT2D eigenvalue weighted by molar-refractivity contribution is 0.734. The summed E-state index contributed by atoms with van der Waals surface area (Å²) in [5.74, 6) is 0. The van der Waals surface area contributed by atoms with E-state index in [1.807, 2.05) is 0 Å². The quantitative estimate of drug-likeness (QED) is 0.834. The Labute approximate surface area is 109 Å². The van der Waals surface area contributed by atoms with Crippen LogP contribution in [-0.2, 0) is 6.42 Å². The van der Waals surface area contributed by atoms with Crippen LogP contribution in [-0.4, -0.2) is 11.5 Å². The van der Waals surface area contributed by atoms with Crippen molar-refractivity contribution in [2.24, 2.45) is 5.73 Å². The molecule has 96 valence electrons. The molecular formula is C16H22N2. The monoisotopic (exact) mass is 242 g/mol. The predicted octanol–water partition coefficient (Wildman–Crippen LogP) is 3.44. The number of fused-ring (bicyclic) bond motifs is 1. The SMILES string of the molecule is Cc1cc(C)c2nc(CCCCN)cc(C)c2c1. The number of nitrogens with two attached hydrogens (primary N) is 1. The average Bonchev–Trinajstić information content (AvgIpc) is 2.31. The molecule has 0 amide bonds. The first-order chi connectivity index (χ1) is 8.61. The summed E-state index contributed by atoms with van der Waals surface area (Å²) in [6.07, 6.45) is 3.23. The lowest BCUT2D eigenvalue weighted by atomic mass is 10.0. The first-order valence-corrected chi connectivity index (χ1v) is 6.69. The summed E-state index contributed by atoms with van der Waals surface area (Å²) in [4.78, 5) is 4.81. The van der Waals surface area contributed by atoms with E-state index >= 15 is 0 Å². The van der Waals surface area contributed by atoms with E-state index in [1.165, 1.54) is 27.8 Å². The molecule has 2 heteroatoms. The standard InChI is InChI=1S/C16H22N2/c1-11-8-13(3)16-15(9-11)12(2)10-14(18-16)6-4-5-7-17/h8-10H,4-7,17H2,1-3H3. The zero-order valence-electron chi connectivity index (χ0n) is 11.6. The van der Waals surface area contributed by atoms with Gasteiger partial charge in [-0.05, 0) is 69.8 Å². The van der Waals surface area contributed by atoms with Crippen molar-refractivity contribution in [3.05, 3.63) is 40.6 Å². The van der Waals surface area contributed by atoms with E-state index in [9.17, 15) is 0 Å². The van der Waals surface area contributed by atoms with Gasteiger partial charge >= 0.3 is 0 Å². The molecule has 2 N–H and O–H groups in total. The van der Waals surface area contributed by atoms with Crippen LogP contribution in [0.1, 0.15) is 35.2 Å². The molecule has 2 rings (SSSR count). The van der Waals surface area contributed by atoms with Crippen molar-refractivity contribution in [1.29, 1.82) is 0 Å². The highest BCUT2D eigenvalue weighted by atomic mass is 14.7. The molecule has 1 heterocycles. The van der Waals surface area contributed by atoms with Crippen LogP contribution in [0.5, 0.6) is 0 Å². The highest BCUT2D eigenvalue weighted by molar-refractivity contribution is 5.85. The second-order valence-electron chi connectivity index (χ2n) is 5.15. The maximum absolute atomic E-state index is 5.53. The molecule has 0 atom stereocenters. The van der Waals surface area contributed by atoms with Gasteiger partial charge in [0.2, 0.25) is 0 Å². The third kappa shape index (κ3) is 2.70. The Morgan fingerprint density at radius 3 is 2.50 bits per heavy atom. The van der Waals surface area contributed by atoms with Gasteiger partial charge in [0, 0.05) is 11.1 Å². The van der Waals surface area contributed by atoms with Crippen molar-refractivity contribution < 1.29 is 0 Å². The molecule has 18 heavy (non-hydrogen) atoms. The summed E-state index contributed by atoms with van der Waals surface area (Å²) in [5, 5.41) is 1.29. The second-order valence-corrected chi connectivity index (χ2v) is 5.15. The lowest BCUT2D eigenvalue weighted by Crippen LogP contribution is -2.01. The minimum Gasteiger partial charge on any atom is -0.330 e. The molecule has 0 aliphatic carbocycles. The molecule has 2 aromatic rings. The van der Waals surface area contributed by atoms with Gasteiger partial charge in [-0.1, -0.05) is 11.6 Å². The van der Waals surface area contributed by atoms with Crippen molar-refractivity contribution in [3.63, 3.8) is 0 Å². The van der Waals surface area contributed by atoms with Crippen molar-refractivity contribution in [2.75, 3.05) is 6.54 Å². The van der Waals surface area contributed by atoms with E-state index in [1.54, 1.807) is 0 Å². The highest BCUT2D eigenvalue weighted by Gasteiger charge is 2.06. The van der Waals surface area contributed by atoms with Crippen LogP contribution in [0.15, 0.2) is 18.2 Å². The third-order valence-electron chi connectivity index (χ3n) is 3.40. The molecule has 0 saturated heterocycles. The average molecular weight is 242 g/mol. The fourth-order valence-electron chi connectivity index (χ4n) is 2.49. The molecule has 0 bridgehead atoms. The second kappa shape index (κ2) is 5.49. The molecule has 1 aromatic carbocycles. The van der Waals surface area contributed by atoms with Crippen LogP contribution < -0.4 is 5.73 Å². The number of hydrogen-bond donors (Lipinski definition) is 1. The molecule has 1 aromatic heterocycles. The number of pyridine rings is 1. The predicted molar refractivity (Wildman–Crippen MR) is 77.9 cm³/mol. The summed E-state index contributed by atoms with van der Waals surface area (Å²) in [6, 6.07) is 6.66. The minimum atomic E-state index is 0.769. The van der Waals surface area contributed by atoms with Gasteiger partial charge in [-0.3, -0.25) is 4.98 Å². The molecule has 0 spiro atoms. The molecule has 0 aliphatic heterocycles. The highest BCUT2D eigenvalue weighted by Crippen LogP contribution is 2.23. The van der Waals surface area contributed by atoms with Gasteiger partial charge in [-0.2, -0.15) is 0 Å². The molecule has 0 unspecified atom stereocenters. The molecule has 2 nitrogen and oxygen atoms in total. The van der Waals surface area contributed by atoms with E-state index in [0.717, 1.165) is 31.3 Å². The number of benzene rings is 1. The van der Waals surface area contributed by atoms with Crippen LogP contribution in [0.3, 0.4) is 0 Å². The summed E-state index contributed by atoms with van der Waals surface area (Å²) in [6.45, 7) is 7.23. The van der Waals surface area contributed by atoms with Gasteiger partial charge in [0.15, 0.2) is 0 Å². The van der Waals surface area contributed by atoms with Gasteiger partial charge in [-0.25, -0.2) is 0 Å². The van der Waals surface area contributed by atoms with Gasteiger partial charge in [0.25, 0.3) is 0 Å². The van der Waals surface area contributed by atoms with Gasteiger partial charge in [0.1, 0.15) is 0 Å². The van der Waals surface area contributed by atoms with Crippen molar-refractivity contribution in [1.82, 2.24) is 4.98 Å². The molecule has 0 fully saturated rings. The van der Waals surface area contributed by atoms with Crippen LogP contribution in [0.25, 0.3) is 10.9 Å². The van der Waals surface area contributed by atoms with E-state index in [0.29, 0.717) is 0 Å². The molecular weight excluding hydrogens is 220 g/mol. The van der Waals surface area contributed by atoms with Crippen LogP contribution in [0, 0.1) is 20.8 Å². The third-order valence-corrected chi connectivity index (χ3v) is 3.40. The van der Waals surface area contributed by atoms with Crippen LogP contribution in [0.4, 0.5) is 0 Å². The lowest BCUT2D eigenvalue weighted by Gasteiger charge is -2.09.